The van der Waals surface area contributed by atoms with Crippen LogP contribution in [0.5, 0.6) is 0 Å². The first kappa shape index (κ1) is 13.8. The van der Waals surface area contributed by atoms with E-state index < -0.39 is 9.84 Å². The smallest absolute Gasteiger partial charge is 0.221 e. The Balaban J connectivity index is 1.67. The molecule has 18 heavy (non-hydrogen) atoms. The monoisotopic (exact) mass is 276 g/mol. The normalized spacial score (nSPS) is 34.6. The minimum Gasteiger partial charge on any atom is -0.393 e. The second kappa shape index (κ2) is 5.54. The molecule has 0 spiro atoms. The number of carbonyl (C=O) groups excluding carboxylic acids is 1. The highest BCUT2D eigenvalue weighted by atomic mass is 32.2. The first-order chi connectivity index (χ1) is 8.44. The number of aliphatic hydroxyl groups excluding tert-OH is 1. The van der Waals surface area contributed by atoms with Gasteiger partial charge in [0, 0.05) is 25.6 Å². The van der Waals surface area contributed by atoms with Gasteiger partial charge in [0.25, 0.3) is 0 Å². The third-order valence-corrected chi connectivity index (χ3v) is 5.27. The molecule has 1 aliphatic carbocycles. The maximum absolute atomic E-state index is 11.6. The van der Waals surface area contributed by atoms with Crippen LogP contribution in [0.15, 0.2) is 0 Å². The molecule has 0 radical (unpaired) electrons. The quantitative estimate of drug-likeness (QED) is 0.590. The summed E-state index contributed by atoms with van der Waals surface area (Å²) in [5.41, 5.74) is 0. The van der Waals surface area contributed by atoms with Gasteiger partial charge in [0.05, 0.1) is 17.6 Å². The van der Waals surface area contributed by atoms with Crippen LogP contribution in [0, 0.1) is 5.92 Å². The lowest BCUT2D eigenvalue weighted by molar-refractivity contribution is -0.122. The predicted molar refractivity (Wildman–Crippen MR) is 66.8 cm³/mol. The van der Waals surface area contributed by atoms with Gasteiger partial charge in [-0.15, -0.1) is 0 Å². The van der Waals surface area contributed by atoms with Crippen LogP contribution in [-0.2, 0) is 14.6 Å². The Morgan fingerprint density at radius 3 is 2.72 bits per heavy atom. The molecule has 0 bridgehead atoms. The van der Waals surface area contributed by atoms with Crippen molar-refractivity contribution < 1.29 is 18.3 Å². The van der Waals surface area contributed by atoms with E-state index in [0.29, 0.717) is 19.0 Å². The van der Waals surface area contributed by atoms with E-state index in [1.807, 2.05) is 0 Å². The van der Waals surface area contributed by atoms with Gasteiger partial charge in [-0.25, -0.2) is 8.42 Å². The molecular weight excluding hydrogens is 256 g/mol. The van der Waals surface area contributed by atoms with Gasteiger partial charge in [0.2, 0.25) is 5.91 Å². The van der Waals surface area contributed by atoms with Gasteiger partial charge in [-0.2, -0.15) is 0 Å². The van der Waals surface area contributed by atoms with Crippen LogP contribution < -0.4 is 10.6 Å². The zero-order valence-corrected chi connectivity index (χ0v) is 11.1. The summed E-state index contributed by atoms with van der Waals surface area (Å²) in [6, 6.07) is -0.268. The summed E-state index contributed by atoms with van der Waals surface area (Å²) < 4.78 is 22.8. The zero-order valence-electron chi connectivity index (χ0n) is 10.3. The molecule has 104 valence electrons. The summed E-state index contributed by atoms with van der Waals surface area (Å²) in [5, 5.41) is 15.0. The first-order valence-corrected chi connectivity index (χ1v) is 8.15. The van der Waals surface area contributed by atoms with Gasteiger partial charge < -0.3 is 15.7 Å². The van der Waals surface area contributed by atoms with Gasteiger partial charge in [0.1, 0.15) is 0 Å². The highest BCUT2D eigenvalue weighted by Gasteiger charge is 2.29. The second-order valence-electron chi connectivity index (χ2n) is 5.26. The third-order valence-electron chi connectivity index (χ3n) is 3.53. The van der Waals surface area contributed by atoms with Crippen molar-refractivity contribution in [1.29, 1.82) is 0 Å². The largest absolute Gasteiger partial charge is 0.393 e. The number of carbonyl (C=O) groups is 1. The number of sulfone groups is 1. The molecule has 6 nitrogen and oxygen atoms in total. The molecule has 2 aliphatic rings. The van der Waals surface area contributed by atoms with E-state index in [0.717, 1.165) is 12.8 Å². The van der Waals surface area contributed by atoms with E-state index in [9.17, 15) is 13.2 Å². The Morgan fingerprint density at radius 1 is 1.39 bits per heavy atom. The minimum absolute atomic E-state index is 0.0442. The molecule has 0 aromatic heterocycles. The number of rotatable bonds is 4. The van der Waals surface area contributed by atoms with E-state index in [2.05, 4.69) is 10.6 Å². The standard InChI is InChI=1S/C11H20N2O4S/c14-10-3-8(4-10)6-13-11(15)5-9-7-18(16,17)2-1-12-9/h8-10,12,14H,1-7H2,(H,13,15). The molecule has 1 atom stereocenters. The number of aliphatic hydroxyl groups is 1. The lowest BCUT2D eigenvalue weighted by atomic mass is 9.82. The van der Waals surface area contributed by atoms with Gasteiger partial charge in [-0.05, 0) is 18.8 Å². The Hall–Kier alpha value is -0.660. The van der Waals surface area contributed by atoms with Crippen LogP contribution in [0.2, 0.25) is 0 Å². The zero-order chi connectivity index (χ0) is 13.2. The van der Waals surface area contributed by atoms with Crippen molar-refractivity contribution in [3.05, 3.63) is 0 Å². The average Bonchev–Trinajstić information content (AvgIpc) is 2.21. The topological polar surface area (TPSA) is 95.5 Å². The Morgan fingerprint density at radius 2 is 2.11 bits per heavy atom. The lowest BCUT2D eigenvalue weighted by Crippen LogP contribution is -2.48. The van der Waals surface area contributed by atoms with E-state index in [1.54, 1.807) is 0 Å². The maximum Gasteiger partial charge on any atom is 0.221 e. The highest BCUT2D eigenvalue weighted by Crippen LogP contribution is 2.26. The lowest BCUT2D eigenvalue weighted by Gasteiger charge is -2.31. The SMILES string of the molecule is O=C(CC1CS(=O)(=O)CCN1)NCC1CC(O)C1. The van der Waals surface area contributed by atoms with Crippen LogP contribution in [0.25, 0.3) is 0 Å². The molecule has 1 aliphatic heterocycles. The number of hydrogen-bond acceptors (Lipinski definition) is 5. The van der Waals surface area contributed by atoms with Gasteiger partial charge in [0.15, 0.2) is 9.84 Å². The van der Waals surface area contributed by atoms with Crippen LogP contribution in [-0.4, -0.2) is 56.2 Å². The van der Waals surface area contributed by atoms with E-state index in [4.69, 9.17) is 5.11 Å². The summed E-state index contributed by atoms with van der Waals surface area (Å²) in [4.78, 5) is 11.6. The molecule has 0 aromatic carbocycles. The number of hydrogen-bond donors (Lipinski definition) is 3. The van der Waals surface area contributed by atoms with Crippen molar-refractivity contribution in [3.8, 4) is 0 Å². The van der Waals surface area contributed by atoms with E-state index >= 15 is 0 Å². The second-order valence-corrected chi connectivity index (χ2v) is 7.49. The Bertz CT molecular complexity index is 403. The van der Waals surface area contributed by atoms with Crippen molar-refractivity contribution in [2.75, 3.05) is 24.6 Å². The molecule has 1 amide bonds. The molecule has 1 saturated heterocycles. The fourth-order valence-electron chi connectivity index (χ4n) is 2.42. The van der Waals surface area contributed by atoms with Gasteiger partial charge in [-0.3, -0.25) is 4.79 Å². The fourth-order valence-corrected chi connectivity index (χ4v) is 3.86. The average molecular weight is 276 g/mol. The number of amides is 1. The summed E-state index contributed by atoms with van der Waals surface area (Å²) in [7, 11) is -2.99. The fraction of sp³-hybridized carbons (Fsp3) is 0.909. The van der Waals surface area contributed by atoms with Crippen molar-refractivity contribution in [3.63, 3.8) is 0 Å². The van der Waals surface area contributed by atoms with Crippen molar-refractivity contribution in [2.45, 2.75) is 31.4 Å². The van der Waals surface area contributed by atoms with E-state index in [-0.39, 0.29) is 36.0 Å². The molecule has 1 unspecified atom stereocenters. The number of nitrogens with one attached hydrogen (secondary N) is 2. The summed E-state index contributed by atoms with van der Waals surface area (Å²) in [6.45, 7) is 1.00. The molecule has 2 fully saturated rings. The molecule has 7 heteroatoms. The summed E-state index contributed by atoms with van der Waals surface area (Å²) >= 11 is 0. The molecule has 1 heterocycles. The molecular formula is C11H20N2O4S. The molecule has 3 N–H and O–H groups in total. The van der Waals surface area contributed by atoms with Crippen molar-refractivity contribution >= 4 is 15.7 Å². The van der Waals surface area contributed by atoms with Gasteiger partial charge in [-0.1, -0.05) is 0 Å². The highest BCUT2D eigenvalue weighted by molar-refractivity contribution is 7.91. The summed E-state index contributed by atoms with van der Waals surface area (Å²) in [6.07, 6.45) is 1.48. The van der Waals surface area contributed by atoms with Crippen molar-refractivity contribution in [1.82, 2.24) is 10.6 Å². The predicted octanol–water partition coefficient (Wildman–Crippen LogP) is -1.35. The van der Waals surface area contributed by atoms with Crippen LogP contribution >= 0.6 is 0 Å². The molecule has 1 saturated carbocycles. The van der Waals surface area contributed by atoms with Crippen LogP contribution in [0.1, 0.15) is 19.3 Å². The third kappa shape index (κ3) is 3.93. The first-order valence-electron chi connectivity index (χ1n) is 6.33. The van der Waals surface area contributed by atoms with Crippen LogP contribution in [0.3, 0.4) is 0 Å². The maximum atomic E-state index is 11.6. The van der Waals surface area contributed by atoms with Crippen LogP contribution in [0.4, 0.5) is 0 Å². The minimum atomic E-state index is -2.99. The summed E-state index contributed by atoms with van der Waals surface area (Å²) in [5.74, 6) is 0.450. The van der Waals surface area contributed by atoms with Gasteiger partial charge >= 0.3 is 0 Å². The molecule has 0 aromatic rings. The van der Waals surface area contributed by atoms with Crippen molar-refractivity contribution in [2.24, 2.45) is 5.92 Å². The van der Waals surface area contributed by atoms with E-state index in [1.165, 1.54) is 0 Å². The Kier molecular flexibility index (Phi) is 4.24. The Labute approximate surface area is 107 Å². The molecule has 2 rings (SSSR count).